The molecule has 0 saturated carbocycles. The molecule has 1 aliphatic rings. The Hall–Kier alpha value is -3.96. The molecule has 2 aromatic heterocycles. The first-order chi connectivity index (χ1) is 20.8. The lowest BCUT2D eigenvalue weighted by Gasteiger charge is -2.29. The van der Waals surface area contributed by atoms with Crippen molar-refractivity contribution in [2.45, 2.75) is 44.7 Å². The second kappa shape index (κ2) is 12.3. The lowest BCUT2D eigenvalue weighted by atomic mass is 10.1. The monoisotopic (exact) mass is 620 g/mol. The lowest BCUT2D eigenvalue weighted by molar-refractivity contribution is -0.192. The van der Waals surface area contributed by atoms with Crippen molar-refractivity contribution in [3.05, 3.63) is 112 Å². The van der Waals surface area contributed by atoms with Crippen LogP contribution >= 0.6 is 23.2 Å². The predicted octanol–water partition coefficient (Wildman–Crippen LogP) is 5.92. The Morgan fingerprint density at radius 1 is 1.00 bits per heavy atom. The summed E-state index contributed by atoms with van der Waals surface area (Å²) < 4.78 is 21.8. The van der Waals surface area contributed by atoms with Crippen LogP contribution in [-0.2, 0) is 21.8 Å². The molecule has 3 atom stereocenters. The SMILES string of the molecule is CCC(C)n1ncn(-c2ccc(-c3ccc(OC[C@@H]4CO[C@@](Cn5nccn5)(c5ccc(Cl)cc5Cl)O4)cc3)cc2)c1=O. The van der Waals surface area contributed by atoms with Crippen LogP contribution in [0.3, 0.4) is 0 Å². The van der Waals surface area contributed by atoms with Crippen LogP contribution in [0.4, 0.5) is 0 Å². The van der Waals surface area contributed by atoms with E-state index in [1.54, 1.807) is 41.5 Å². The highest BCUT2D eigenvalue weighted by molar-refractivity contribution is 6.35. The molecule has 12 heteroatoms. The summed E-state index contributed by atoms with van der Waals surface area (Å²) in [5.41, 5.74) is 3.29. The van der Waals surface area contributed by atoms with Gasteiger partial charge in [0, 0.05) is 10.6 Å². The van der Waals surface area contributed by atoms with E-state index >= 15 is 0 Å². The molecule has 1 unspecified atom stereocenters. The molecule has 1 saturated heterocycles. The maximum absolute atomic E-state index is 12.7. The minimum atomic E-state index is -1.19. The first-order valence-corrected chi connectivity index (χ1v) is 14.7. The van der Waals surface area contributed by atoms with Gasteiger partial charge in [0.2, 0.25) is 5.79 Å². The van der Waals surface area contributed by atoms with Crippen LogP contribution in [0.5, 0.6) is 5.75 Å². The lowest BCUT2D eigenvalue weighted by Crippen LogP contribution is -2.35. The van der Waals surface area contributed by atoms with Gasteiger partial charge >= 0.3 is 5.69 Å². The van der Waals surface area contributed by atoms with E-state index in [0.717, 1.165) is 23.2 Å². The van der Waals surface area contributed by atoms with Crippen molar-refractivity contribution in [2.75, 3.05) is 13.2 Å². The normalized spacial score (nSPS) is 19.0. The van der Waals surface area contributed by atoms with Gasteiger partial charge in [0.25, 0.3) is 0 Å². The molecule has 0 bridgehead atoms. The number of hydrogen-bond donors (Lipinski definition) is 0. The molecule has 0 amide bonds. The van der Waals surface area contributed by atoms with E-state index in [1.165, 1.54) is 9.48 Å². The summed E-state index contributed by atoms with van der Waals surface area (Å²) in [6, 6.07) is 20.8. The van der Waals surface area contributed by atoms with E-state index in [0.29, 0.717) is 28.0 Å². The highest BCUT2D eigenvalue weighted by Gasteiger charge is 2.46. The average Bonchev–Trinajstić information content (AvgIpc) is 3.77. The van der Waals surface area contributed by atoms with Crippen LogP contribution in [-0.4, -0.2) is 48.7 Å². The van der Waals surface area contributed by atoms with Gasteiger partial charge in [-0.1, -0.05) is 60.5 Å². The summed E-state index contributed by atoms with van der Waals surface area (Å²) in [6.07, 6.45) is 5.23. The second-order valence-corrected chi connectivity index (χ2v) is 11.2. The maximum atomic E-state index is 12.7. The fourth-order valence-electron chi connectivity index (χ4n) is 4.98. The smallest absolute Gasteiger partial charge is 0.350 e. The summed E-state index contributed by atoms with van der Waals surface area (Å²) in [5, 5.41) is 13.6. The minimum Gasteiger partial charge on any atom is -0.491 e. The summed E-state index contributed by atoms with van der Waals surface area (Å²) >= 11 is 12.7. The standard InChI is InChI=1S/C31H30Cl2N6O4/c1-3-21(2)39-30(40)37(20-36-39)25-9-4-22(5-10-25)23-6-11-26(12-7-23)41-17-27-18-42-31(43-27,19-38-34-14-15-35-38)28-13-8-24(32)16-29(28)33/h4-16,20-21,27H,3,17-19H2,1-2H3/t21?,27-,31-/m1/s1. The first kappa shape index (κ1) is 29.1. The Labute approximate surface area is 258 Å². The van der Waals surface area contributed by atoms with Crippen molar-refractivity contribution in [1.82, 2.24) is 29.3 Å². The minimum absolute atomic E-state index is 0.0467. The van der Waals surface area contributed by atoms with Crippen molar-refractivity contribution < 1.29 is 14.2 Å². The molecule has 0 N–H and O–H groups in total. The Bertz CT molecular complexity index is 1740. The number of hydrogen-bond acceptors (Lipinski definition) is 7. The van der Waals surface area contributed by atoms with E-state index in [-0.39, 0.29) is 31.0 Å². The Morgan fingerprint density at radius 2 is 1.70 bits per heavy atom. The molecule has 10 nitrogen and oxygen atoms in total. The highest BCUT2D eigenvalue weighted by atomic mass is 35.5. The fourth-order valence-corrected chi connectivity index (χ4v) is 5.53. The van der Waals surface area contributed by atoms with Crippen LogP contribution in [0.1, 0.15) is 31.9 Å². The molecule has 6 rings (SSSR count). The third-order valence-corrected chi connectivity index (χ3v) is 8.04. The zero-order chi connectivity index (χ0) is 30.0. The molecule has 43 heavy (non-hydrogen) atoms. The molecule has 0 spiro atoms. The number of halogens is 2. The van der Waals surface area contributed by atoms with Crippen LogP contribution in [0.15, 0.2) is 90.2 Å². The number of nitrogens with zero attached hydrogens (tertiary/aromatic N) is 6. The summed E-state index contributed by atoms with van der Waals surface area (Å²) in [7, 11) is 0. The average molecular weight is 622 g/mol. The zero-order valence-electron chi connectivity index (χ0n) is 23.6. The number of aromatic nitrogens is 6. The van der Waals surface area contributed by atoms with Gasteiger partial charge in [0.1, 0.15) is 31.3 Å². The summed E-state index contributed by atoms with van der Waals surface area (Å²) in [5.74, 6) is -0.494. The van der Waals surface area contributed by atoms with E-state index in [9.17, 15) is 4.79 Å². The van der Waals surface area contributed by atoms with E-state index in [1.807, 2.05) is 62.4 Å². The maximum Gasteiger partial charge on any atom is 0.350 e. The predicted molar refractivity (Wildman–Crippen MR) is 163 cm³/mol. The van der Waals surface area contributed by atoms with Gasteiger partial charge in [-0.2, -0.15) is 20.1 Å². The third kappa shape index (κ3) is 6.09. The number of rotatable bonds is 10. The zero-order valence-corrected chi connectivity index (χ0v) is 25.2. The van der Waals surface area contributed by atoms with E-state index < -0.39 is 5.79 Å². The molecule has 1 fully saturated rings. The molecule has 5 aromatic rings. The molecular formula is C31H30Cl2N6O4. The molecular weight excluding hydrogens is 591 g/mol. The molecule has 3 aromatic carbocycles. The Morgan fingerprint density at radius 3 is 2.37 bits per heavy atom. The molecule has 0 radical (unpaired) electrons. The number of benzene rings is 3. The van der Waals surface area contributed by atoms with Gasteiger partial charge < -0.3 is 14.2 Å². The summed E-state index contributed by atoms with van der Waals surface area (Å²) in [6.45, 7) is 4.79. The topological polar surface area (TPSA) is 98.2 Å². The third-order valence-electron chi connectivity index (χ3n) is 7.49. The van der Waals surface area contributed by atoms with Gasteiger partial charge in [-0.25, -0.2) is 14.0 Å². The van der Waals surface area contributed by atoms with E-state index in [2.05, 4.69) is 15.3 Å². The molecule has 0 aliphatic carbocycles. The Kier molecular flexibility index (Phi) is 8.36. The van der Waals surface area contributed by atoms with Gasteiger partial charge in [0.05, 0.1) is 35.8 Å². The van der Waals surface area contributed by atoms with Crippen molar-refractivity contribution in [3.63, 3.8) is 0 Å². The fraction of sp³-hybridized carbons (Fsp3) is 0.290. The van der Waals surface area contributed by atoms with Crippen molar-refractivity contribution in [1.29, 1.82) is 0 Å². The van der Waals surface area contributed by atoms with Crippen molar-refractivity contribution in [2.24, 2.45) is 0 Å². The second-order valence-electron chi connectivity index (χ2n) is 10.4. The highest BCUT2D eigenvalue weighted by Crippen LogP contribution is 2.40. The molecule has 222 valence electrons. The molecule has 3 heterocycles. The van der Waals surface area contributed by atoms with Gasteiger partial charge in [-0.15, -0.1) is 0 Å². The van der Waals surface area contributed by atoms with Crippen molar-refractivity contribution >= 4 is 23.2 Å². The van der Waals surface area contributed by atoms with Gasteiger partial charge in [-0.3, -0.25) is 0 Å². The number of ether oxygens (including phenoxy) is 3. The Balaban J connectivity index is 1.11. The largest absolute Gasteiger partial charge is 0.491 e. The molecule has 1 aliphatic heterocycles. The van der Waals surface area contributed by atoms with Crippen LogP contribution in [0, 0.1) is 0 Å². The summed E-state index contributed by atoms with van der Waals surface area (Å²) in [4.78, 5) is 14.2. The van der Waals surface area contributed by atoms with Crippen LogP contribution in [0.2, 0.25) is 10.0 Å². The first-order valence-electron chi connectivity index (χ1n) is 14.0. The quantitative estimate of drug-likeness (QED) is 0.191. The van der Waals surface area contributed by atoms with Gasteiger partial charge in [0.15, 0.2) is 0 Å². The van der Waals surface area contributed by atoms with Crippen molar-refractivity contribution in [3.8, 4) is 22.6 Å². The van der Waals surface area contributed by atoms with Crippen LogP contribution in [0.25, 0.3) is 16.8 Å². The van der Waals surface area contributed by atoms with Gasteiger partial charge in [-0.05, 0) is 60.9 Å². The van der Waals surface area contributed by atoms with Crippen LogP contribution < -0.4 is 10.4 Å². The van der Waals surface area contributed by atoms with E-state index in [4.69, 9.17) is 37.4 Å².